The number of halogens is 1. The fraction of sp³-hybridized carbons (Fsp3) is 0.600. The minimum Gasteiger partial charge on any atom is -0.396 e. The molecule has 1 unspecified atom stereocenters. The minimum absolute atomic E-state index is 0.243. The summed E-state index contributed by atoms with van der Waals surface area (Å²) in [5, 5.41) is 9.10. The van der Waals surface area contributed by atoms with Crippen LogP contribution in [0.3, 0.4) is 0 Å². The quantitative estimate of drug-likeness (QED) is 0.809. The Hall–Kier alpha value is -0.420. The third-order valence-corrected chi connectivity index (χ3v) is 4.73. The first-order valence-electron chi connectivity index (χ1n) is 7.09. The molecule has 3 nitrogen and oxygen atoms in total. The summed E-state index contributed by atoms with van der Waals surface area (Å²) in [4.78, 5) is 2.49. The van der Waals surface area contributed by atoms with Crippen molar-refractivity contribution in [2.75, 3.05) is 19.7 Å². The Bertz CT molecular complexity index is 395. The largest absolute Gasteiger partial charge is 0.396 e. The lowest BCUT2D eigenvalue weighted by Gasteiger charge is -2.42. The van der Waals surface area contributed by atoms with E-state index in [2.05, 4.69) is 39.0 Å². The van der Waals surface area contributed by atoms with Crippen molar-refractivity contribution in [1.29, 1.82) is 0 Å². The van der Waals surface area contributed by atoms with Crippen LogP contribution in [0.15, 0.2) is 28.7 Å². The zero-order valence-electron chi connectivity index (χ0n) is 11.3. The second kappa shape index (κ2) is 7.39. The van der Waals surface area contributed by atoms with Gasteiger partial charge in [-0.1, -0.05) is 40.5 Å². The van der Waals surface area contributed by atoms with Crippen molar-refractivity contribution in [3.63, 3.8) is 0 Å². The minimum atomic E-state index is 0.243. The van der Waals surface area contributed by atoms with Crippen LogP contribution < -0.4 is 5.73 Å². The monoisotopic (exact) mass is 326 g/mol. The first-order chi connectivity index (χ1) is 9.27. The molecule has 0 spiro atoms. The molecule has 2 rings (SSSR count). The van der Waals surface area contributed by atoms with E-state index in [1.165, 1.54) is 24.8 Å². The van der Waals surface area contributed by atoms with Crippen molar-refractivity contribution in [2.24, 2.45) is 5.73 Å². The topological polar surface area (TPSA) is 49.5 Å². The van der Waals surface area contributed by atoms with Crippen LogP contribution in [0.5, 0.6) is 0 Å². The maximum Gasteiger partial charge on any atom is 0.0484 e. The van der Waals surface area contributed by atoms with E-state index < -0.39 is 0 Å². The molecule has 0 radical (unpaired) electrons. The zero-order valence-corrected chi connectivity index (χ0v) is 12.8. The molecule has 1 atom stereocenters. The maximum absolute atomic E-state index is 9.10. The zero-order chi connectivity index (χ0) is 13.7. The van der Waals surface area contributed by atoms with Crippen molar-refractivity contribution in [2.45, 2.75) is 37.8 Å². The Labute approximate surface area is 123 Å². The lowest BCUT2D eigenvalue weighted by Crippen LogP contribution is -2.45. The molecule has 1 aliphatic rings. The van der Waals surface area contributed by atoms with Gasteiger partial charge in [-0.2, -0.15) is 0 Å². The van der Waals surface area contributed by atoms with Crippen molar-refractivity contribution >= 4 is 15.9 Å². The van der Waals surface area contributed by atoms with Crippen LogP contribution in [0, 0.1) is 0 Å². The third-order valence-electron chi connectivity index (χ3n) is 4.01. The maximum atomic E-state index is 9.10. The number of hydrogen-bond acceptors (Lipinski definition) is 3. The summed E-state index contributed by atoms with van der Waals surface area (Å²) in [5.74, 6) is 0. The van der Waals surface area contributed by atoms with E-state index in [1.54, 1.807) is 0 Å². The Morgan fingerprint density at radius 3 is 2.63 bits per heavy atom. The van der Waals surface area contributed by atoms with Crippen LogP contribution in [0.4, 0.5) is 0 Å². The highest BCUT2D eigenvalue weighted by molar-refractivity contribution is 9.10. The Kier molecular flexibility index (Phi) is 5.82. The van der Waals surface area contributed by atoms with Gasteiger partial charge in [-0.25, -0.2) is 0 Å². The standard InChI is InChI=1S/C15H23BrN2O/c16-14-8-2-1-7-13(14)15(11-17)18(9-4-10-19)12-5-3-6-12/h1-2,7-8,12,15,19H,3-6,9-11,17H2. The summed E-state index contributed by atoms with van der Waals surface area (Å²) in [6, 6.07) is 9.19. The van der Waals surface area contributed by atoms with Gasteiger partial charge in [-0.05, 0) is 30.9 Å². The van der Waals surface area contributed by atoms with Crippen molar-refractivity contribution in [3.05, 3.63) is 34.3 Å². The van der Waals surface area contributed by atoms with Crippen LogP contribution in [0.2, 0.25) is 0 Å². The van der Waals surface area contributed by atoms with E-state index in [9.17, 15) is 0 Å². The summed E-state index contributed by atoms with van der Waals surface area (Å²) < 4.78 is 1.12. The molecule has 1 aromatic rings. The molecule has 0 amide bonds. The lowest BCUT2D eigenvalue weighted by molar-refractivity contribution is 0.0740. The van der Waals surface area contributed by atoms with Crippen LogP contribution in [-0.4, -0.2) is 35.7 Å². The van der Waals surface area contributed by atoms with Crippen LogP contribution in [0.25, 0.3) is 0 Å². The molecule has 1 saturated carbocycles. The number of aliphatic hydroxyl groups excluding tert-OH is 1. The van der Waals surface area contributed by atoms with Crippen molar-refractivity contribution in [3.8, 4) is 0 Å². The molecule has 0 heterocycles. The highest BCUT2D eigenvalue weighted by Gasteiger charge is 2.30. The fourth-order valence-electron chi connectivity index (χ4n) is 2.75. The second-order valence-electron chi connectivity index (χ2n) is 5.17. The van der Waals surface area contributed by atoms with Gasteiger partial charge in [0.1, 0.15) is 0 Å². The van der Waals surface area contributed by atoms with Gasteiger partial charge in [0.05, 0.1) is 0 Å². The first kappa shape index (κ1) is 15.0. The molecular formula is C15H23BrN2O. The molecule has 1 aliphatic carbocycles. The second-order valence-corrected chi connectivity index (χ2v) is 6.03. The number of nitrogens with zero attached hydrogens (tertiary/aromatic N) is 1. The Morgan fingerprint density at radius 1 is 1.37 bits per heavy atom. The molecule has 19 heavy (non-hydrogen) atoms. The normalized spacial score (nSPS) is 17.5. The number of benzene rings is 1. The molecule has 0 bridgehead atoms. The van der Waals surface area contributed by atoms with E-state index in [-0.39, 0.29) is 12.6 Å². The van der Waals surface area contributed by atoms with Crippen LogP contribution >= 0.6 is 15.9 Å². The summed E-state index contributed by atoms with van der Waals surface area (Å²) in [5.41, 5.74) is 7.30. The molecule has 106 valence electrons. The van der Waals surface area contributed by atoms with E-state index in [0.717, 1.165) is 17.4 Å². The highest BCUT2D eigenvalue weighted by atomic mass is 79.9. The molecule has 4 heteroatoms. The van der Waals surface area contributed by atoms with E-state index >= 15 is 0 Å². The number of nitrogens with two attached hydrogens (primary N) is 1. The van der Waals surface area contributed by atoms with Gasteiger partial charge in [0, 0.05) is 36.3 Å². The van der Waals surface area contributed by atoms with Crippen LogP contribution in [0.1, 0.15) is 37.3 Å². The molecule has 0 aliphatic heterocycles. The van der Waals surface area contributed by atoms with Gasteiger partial charge in [-0.3, -0.25) is 4.90 Å². The van der Waals surface area contributed by atoms with E-state index in [0.29, 0.717) is 12.6 Å². The third kappa shape index (κ3) is 3.57. The molecule has 1 fully saturated rings. The van der Waals surface area contributed by atoms with Gasteiger partial charge in [0.25, 0.3) is 0 Å². The van der Waals surface area contributed by atoms with Gasteiger partial charge in [-0.15, -0.1) is 0 Å². The van der Waals surface area contributed by atoms with Gasteiger partial charge in [0.15, 0.2) is 0 Å². The van der Waals surface area contributed by atoms with E-state index in [4.69, 9.17) is 10.8 Å². The fourth-order valence-corrected chi connectivity index (χ4v) is 3.30. The lowest BCUT2D eigenvalue weighted by atomic mass is 9.89. The van der Waals surface area contributed by atoms with Gasteiger partial charge >= 0.3 is 0 Å². The summed E-state index contributed by atoms with van der Waals surface area (Å²) in [6.07, 6.45) is 4.64. The number of aliphatic hydroxyl groups is 1. The molecule has 0 saturated heterocycles. The molecular weight excluding hydrogens is 304 g/mol. The summed E-state index contributed by atoms with van der Waals surface area (Å²) >= 11 is 3.63. The predicted molar refractivity (Wildman–Crippen MR) is 82.0 cm³/mol. The van der Waals surface area contributed by atoms with Crippen molar-refractivity contribution in [1.82, 2.24) is 4.90 Å². The van der Waals surface area contributed by atoms with Crippen LogP contribution in [-0.2, 0) is 0 Å². The highest BCUT2D eigenvalue weighted by Crippen LogP contribution is 2.34. The summed E-state index contributed by atoms with van der Waals surface area (Å²) in [6.45, 7) is 1.78. The van der Waals surface area contributed by atoms with E-state index in [1.807, 2.05) is 6.07 Å². The SMILES string of the molecule is NCC(c1ccccc1Br)N(CCCO)C1CCC1. The average Bonchev–Trinajstić information content (AvgIpc) is 2.36. The average molecular weight is 327 g/mol. The molecule has 0 aromatic heterocycles. The Morgan fingerprint density at radius 2 is 2.11 bits per heavy atom. The predicted octanol–water partition coefficient (Wildman–Crippen LogP) is 2.69. The summed E-state index contributed by atoms with van der Waals surface area (Å²) in [7, 11) is 0. The van der Waals surface area contributed by atoms with Gasteiger partial charge < -0.3 is 10.8 Å². The molecule has 1 aromatic carbocycles. The smallest absolute Gasteiger partial charge is 0.0484 e. The Balaban J connectivity index is 2.18. The first-order valence-corrected chi connectivity index (χ1v) is 7.88. The number of hydrogen-bond donors (Lipinski definition) is 2. The molecule has 3 N–H and O–H groups in total. The van der Waals surface area contributed by atoms with Crippen molar-refractivity contribution < 1.29 is 5.11 Å². The van der Waals surface area contributed by atoms with Gasteiger partial charge in [0.2, 0.25) is 0 Å². The number of rotatable bonds is 7.